The molecule has 0 radical (unpaired) electrons. The smallest absolute Gasteiger partial charge is 0.333 e. The molecule has 0 N–H and O–H groups in total. The average molecular weight is 419 g/mol. The third-order valence-corrected chi connectivity index (χ3v) is 7.74. The van der Waals surface area contributed by atoms with Gasteiger partial charge in [-0.15, -0.1) is 0 Å². The lowest BCUT2D eigenvalue weighted by Gasteiger charge is -2.46. The zero-order valence-corrected chi connectivity index (χ0v) is 18.9. The molecule has 0 aromatic heterocycles. The molecule has 0 aromatic carbocycles. The summed E-state index contributed by atoms with van der Waals surface area (Å²) in [7, 11) is 0. The average Bonchev–Trinajstić information content (AvgIpc) is 3.13. The highest BCUT2D eigenvalue weighted by atomic mass is 16.6. The van der Waals surface area contributed by atoms with E-state index in [-0.39, 0.29) is 47.7 Å². The first-order chi connectivity index (χ1) is 14.0. The molecule has 3 fully saturated rings. The van der Waals surface area contributed by atoms with E-state index in [1.807, 2.05) is 0 Å². The van der Waals surface area contributed by atoms with Crippen molar-refractivity contribution in [2.45, 2.75) is 73.0 Å². The van der Waals surface area contributed by atoms with E-state index in [1.54, 1.807) is 33.8 Å². The van der Waals surface area contributed by atoms with Crippen LogP contribution in [0.1, 0.15) is 60.8 Å². The van der Waals surface area contributed by atoms with Gasteiger partial charge in [-0.05, 0) is 50.0 Å². The lowest BCUT2D eigenvalue weighted by molar-refractivity contribution is -0.176. The van der Waals surface area contributed by atoms with Crippen molar-refractivity contribution < 1.29 is 28.6 Å². The van der Waals surface area contributed by atoms with E-state index in [0.717, 1.165) is 6.42 Å². The van der Waals surface area contributed by atoms with Crippen LogP contribution in [0.4, 0.5) is 0 Å². The van der Waals surface area contributed by atoms with Gasteiger partial charge in [0.15, 0.2) is 0 Å². The molecule has 6 atom stereocenters. The Hall–Kier alpha value is -2.11. The van der Waals surface area contributed by atoms with Gasteiger partial charge in [0.2, 0.25) is 0 Å². The van der Waals surface area contributed by atoms with Crippen LogP contribution < -0.4 is 0 Å². The summed E-state index contributed by atoms with van der Waals surface area (Å²) in [4.78, 5) is 38.3. The predicted octanol–water partition coefficient (Wildman–Crippen LogP) is 3.99. The number of fused-ring (bicyclic) bond motifs is 1. The van der Waals surface area contributed by atoms with Crippen molar-refractivity contribution in [3.63, 3.8) is 0 Å². The standard InChI is InChI=1S/C24H34O6/c1-8-14(4)21(26)29-17-10-9-15(5)23(7)12-24(16(6)11-28-22(24)27)19(18(17)23)30-20(25)13(2)3/h8,13,15,17-19H,6,9-12H2,1-5,7H3/b14-8+/t15-,17-,18+,19+,23+,24+/m0/s1. The highest BCUT2D eigenvalue weighted by Gasteiger charge is 2.72. The lowest BCUT2D eigenvalue weighted by Crippen LogP contribution is -2.50. The molecule has 0 amide bonds. The van der Waals surface area contributed by atoms with Crippen LogP contribution in [0.25, 0.3) is 0 Å². The minimum atomic E-state index is -1.08. The Kier molecular flexibility index (Phi) is 5.91. The molecule has 2 saturated carbocycles. The van der Waals surface area contributed by atoms with Crippen LogP contribution in [0, 0.1) is 28.6 Å². The monoisotopic (exact) mass is 418 g/mol. The van der Waals surface area contributed by atoms with E-state index >= 15 is 0 Å². The van der Waals surface area contributed by atoms with E-state index < -0.39 is 17.6 Å². The second-order valence-electron chi connectivity index (χ2n) is 9.77. The molecule has 1 heterocycles. The van der Waals surface area contributed by atoms with Crippen LogP contribution in [0.15, 0.2) is 23.8 Å². The summed E-state index contributed by atoms with van der Waals surface area (Å²) in [6, 6.07) is 0. The van der Waals surface area contributed by atoms with Crippen molar-refractivity contribution in [1.29, 1.82) is 0 Å². The molecular formula is C24H34O6. The van der Waals surface area contributed by atoms with Gasteiger partial charge in [-0.25, -0.2) is 4.79 Å². The summed E-state index contributed by atoms with van der Waals surface area (Å²) in [5.41, 5.74) is -0.264. The SMILES string of the molecule is C=C1COC(=O)[C@]12C[C@@]1(C)[C@H]([C@@H](OC(=O)/C(C)=C/C)CC[C@@H]1C)[C@H]2OC(=O)C(C)C. The Morgan fingerprint density at radius 1 is 1.27 bits per heavy atom. The minimum absolute atomic E-state index is 0.133. The maximum Gasteiger partial charge on any atom is 0.333 e. The van der Waals surface area contributed by atoms with Crippen LogP contribution in [0.5, 0.6) is 0 Å². The molecule has 0 unspecified atom stereocenters. The Morgan fingerprint density at radius 3 is 2.47 bits per heavy atom. The molecule has 0 aromatic rings. The fourth-order valence-corrected chi connectivity index (χ4v) is 5.50. The van der Waals surface area contributed by atoms with Crippen LogP contribution in [-0.4, -0.2) is 36.7 Å². The maximum atomic E-state index is 13.1. The summed E-state index contributed by atoms with van der Waals surface area (Å²) in [5.74, 6) is -1.51. The number of cyclic esters (lactones) is 1. The number of allylic oxidation sites excluding steroid dienone is 1. The Morgan fingerprint density at radius 2 is 1.93 bits per heavy atom. The Bertz CT molecular complexity index is 778. The van der Waals surface area contributed by atoms with Gasteiger partial charge in [-0.3, -0.25) is 9.59 Å². The van der Waals surface area contributed by atoms with Gasteiger partial charge in [-0.2, -0.15) is 0 Å². The van der Waals surface area contributed by atoms with Gasteiger partial charge < -0.3 is 14.2 Å². The molecular weight excluding hydrogens is 384 g/mol. The van der Waals surface area contributed by atoms with Crippen molar-refractivity contribution in [3.05, 3.63) is 23.8 Å². The van der Waals surface area contributed by atoms with Crippen LogP contribution in [0.2, 0.25) is 0 Å². The zero-order valence-electron chi connectivity index (χ0n) is 18.9. The molecule has 1 spiro atoms. The molecule has 3 rings (SSSR count). The normalized spacial score (nSPS) is 38.6. The predicted molar refractivity (Wildman–Crippen MR) is 111 cm³/mol. The number of ether oxygens (including phenoxy) is 3. The summed E-state index contributed by atoms with van der Waals surface area (Å²) >= 11 is 0. The highest BCUT2D eigenvalue weighted by Crippen LogP contribution is 2.66. The number of rotatable bonds is 4. The van der Waals surface area contributed by atoms with E-state index in [4.69, 9.17) is 14.2 Å². The number of hydrogen-bond acceptors (Lipinski definition) is 6. The van der Waals surface area contributed by atoms with Gasteiger partial charge in [-0.1, -0.05) is 40.3 Å². The minimum Gasteiger partial charge on any atom is -0.460 e. The Labute approximate surface area is 179 Å². The second-order valence-corrected chi connectivity index (χ2v) is 9.77. The summed E-state index contributed by atoms with van der Waals surface area (Å²) in [6.07, 6.45) is 2.52. The summed E-state index contributed by atoms with van der Waals surface area (Å²) in [6.45, 7) is 15.6. The number of carbonyl (C=O) groups excluding carboxylic acids is 3. The fourth-order valence-electron chi connectivity index (χ4n) is 5.50. The number of carbonyl (C=O) groups is 3. The van der Waals surface area contributed by atoms with Gasteiger partial charge in [0.05, 0.1) is 5.92 Å². The van der Waals surface area contributed by atoms with Crippen molar-refractivity contribution in [2.24, 2.45) is 28.6 Å². The quantitative estimate of drug-likeness (QED) is 0.297. The topological polar surface area (TPSA) is 78.9 Å². The highest BCUT2D eigenvalue weighted by molar-refractivity contribution is 5.88. The van der Waals surface area contributed by atoms with Gasteiger partial charge >= 0.3 is 17.9 Å². The second kappa shape index (κ2) is 7.86. The first-order valence-corrected chi connectivity index (χ1v) is 10.9. The van der Waals surface area contributed by atoms with Crippen LogP contribution in [0.3, 0.4) is 0 Å². The molecule has 3 aliphatic rings. The van der Waals surface area contributed by atoms with E-state index in [2.05, 4.69) is 20.4 Å². The molecule has 1 saturated heterocycles. The van der Waals surface area contributed by atoms with Gasteiger partial charge in [0.25, 0.3) is 0 Å². The van der Waals surface area contributed by atoms with Crippen LogP contribution >= 0.6 is 0 Å². The first kappa shape index (κ1) is 22.6. The van der Waals surface area contributed by atoms with Gasteiger partial charge in [0, 0.05) is 11.5 Å². The molecule has 0 bridgehead atoms. The van der Waals surface area contributed by atoms with Crippen molar-refractivity contribution in [1.82, 2.24) is 0 Å². The molecule has 6 heteroatoms. The maximum absolute atomic E-state index is 13.1. The van der Waals surface area contributed by atoms with Crippen LogP contribution in [-0.2, 0) is 28.6 Å². The Balaban J connectivity index is 2.08. The van der Waals surface area contributed by atoms with Crippen molar-refractivity contribution in [2.75, 3.05) is 6.61 Å². The number of esters is 3. The first-order valence-electron chi connectivity index (χ1n) is 10.9. The third kappa shape index (κ3) is 3.28. The molecule has 30 heavy (non-hydrogen) atoms. The van der Waals surface area contributed by atoms with Gasteiger partial charge in [0.1, 0.15) is 24.2 Å². The van der Waals surface area contributed by atoms with Crippen molar-refractivity contribution in [3.8, 4) is 0 Å². The molecule has 6 nitrogen and oxygen atoms in total. The zero-order chi connectivity index (χ0) is 22.4. The van der Waals surface area contributed by atoms with Crippen molar-refractivity contribution >= 4 is 17.9 Å². The van der Waals surface area contributed by atoms with E-state index in [9.17, 15) is 14.4 Å². The number of hydrogen-bond donors (Lipinski definition) is 0. The lowest BCUT2D eigenvalue weighted by atomic mass is 9.61. The molecule has 2 aliphatic carbocycles. The third-order valence-electron chi connectivity index (χ3n) is 7.74. The van der Waals surface area contributed by atoms with E-state index in [1.165, 1.54) is 0 Å². The fraction of sp³-hybridized carbons (Fsp3) is 0.708. The summed E-state index contributed by atoms with van der Waals surface area (Å²) in [5, 5.41) is 0. The van der Waals surface area contributed by atoms with E-state index in [0.29, 0.717) is 24.0 Å². The largest absolute Gasteiger partial charge is 0.460 e. The summed E-state index contributed by atoms with van der Waals surface area (Å²) < 4.78 is 17.4. The molecule has 1 aliphatic heterocycles. The molecule has 166 valence electrons.